The Balaban J connectivity index is 1.26. The largest absolute Gasteiger partial charge is 0.373 e. The quantitative estimate of drug-likeness (QED) is 0.477. The van der Waals surface area contributed by atoms with Gasteiger partial charge < -0.3 is 19.4 Å². The molecule has 8 heteroatoms. The minimum Gasteiger partial charge on any atom is -0.373 e. The maximum absolute atomic E-state index is 12.5. The van der Waals surface area contributed by atoms with Gasteiger partial charge in [0.25, 0.3) is 0 Å². The van der Waals surface area contributed by atoms with E-state index in [4.69, 9.17) is 4.74 Å². The van der Waals surface area contributed by atoms with Crippen molar-refractivity contribution in [3.8, 4) is 17.2 Å². The third-order valence-electron chi connectivity index (χ3n) is 9.05. The lowest BCUT2D eigenvalue weighted by Gasteiger charge is -2.42. The lowest BCUT2D eigenvalue weighted by atomic mass is 9.82. The highest BCUT2D eigenvalue weighted by Gasteiger charge is 2.37. The van der Waals surface area contributed by atoms with Crippen LogP contribution in [0.15, 0.2) is 42.7 Å². The van der Waals surface area contributed by atoms with Crippen LogP contribution < -0.4 is 4.90 Å². The van der Waals surface area contributed by atoms with E-state index in [2.05, 4.69) is 59.1 Å². The molecule has 3 fully saturated rings. The number of benzene rings is 1. The Morgan fingerprint density at radius 2 is 1.82 bits per heavy atom. The van der Waals surface area contributed by atoms with Crippen molar-refractivity contribution in [3.63, 3.8) is 0 Å². The maximum Gasteiger partial charge on any atom is 0.225 e. The Hall–Kier alpha value is -3.41. The fraction of sp³-hybridized carbons (Fsp3) is 0.516. The number of nitriles is 1. The molecular weight excluding hydrogens is 488 g/mol. The van der Waals surface area contributed by atoms with Crippen LogP contribution in [0.3, 0.4) is 0 Å². The standard InChI is InChI=1S/C31H38N6O2/c1-22(2)34-12-9-31(39-3,10-13-34)26-6-7-27(24(18-26)20-32)25-19-29-28(8-11-33-37(29)21-25)35-14-16-36(17-15-35)30(38)23-4-5-23/h6-8,11,18-19,21-23H,4-5,9-10,12-17H2,1-3H3. The number of likely N-dealkylation sites (tertiary alicyclic amines) is 1. The molecule has 39 heavy (non-hydrogen) atoms. The average molecular weight is 527 g/mol. The number of hydrogen-bond donors (Lipinski definition) is 0. The first kappa shape index (κ1) is 25.8. The predicted molar refractivity (Wildman–Crippen MR) is 151 cm³/mol. The summed E-state index contributed by atoms with van der Waals surface area (Å²) in [4.78, 5) is 19.4. The van der Waals surface area contributed by atoms with Gasteiger partial charge in [0.2, 0.25) is 5.91 Å². The number of methoxy groups -OCH3 is 1. The lowest BCUT2D eigenvalue weighted by Crippen LogP contribution is -2.49. The topological polar surface area (TPSA) is 77.1 Å². The summed E-state index contributed by atoms with van der Waals surface area (Å²) in [6.07, 6.45) is 7.75. The van der Waals surface area contributed by atoms with Crippen LogP contribution in [-0.4, -0.2) is 77.7 Å². The molecule has 2 saturated heterocycles. The van der Waals surface area contributed by atoms with Gasteiger partial charge in [0.1, 0.15) is 0 Å². The molecule has 0 spiro atoms. The Labute approximate surface area is 230 Å². The zero-order valence-electron chi connectivity index (χ0n) is 23.3. The number of carbonyl (C=O) groups is 1. The van der Waals surface area contributed by atoms with Gasteiger partial charge in [0, 0.05) is 81.9 Å². The monoisotopic (exact) mass is 526 g/mol. The molecule has 3 aliphatic rings. The van der Waals surface area contributed by atoms with Crippen LogP contribution in [0.4, 0.5) is 5.69 Å². The van der Waals surface area contributed by atoms with E-state index in [1.54, 1.807) is 7.11 Å². The molecule has 0 bridgehead atoms. The van der Waals surface area contributed by atoms with Crippen molar-refractivity contribution >= 4 is 17.1 Å². The van der Waals surface area contributed by atoms with E-state index in [0.717, 1.165) is 92.8 Å². The Morgan fingerprint density at radius 1 is 1.08 bits per heavy atom. The van der Waals surface area contributed by atoms with E-state index in [-0.39, 0.29) is 11.5 Å². The van der Waals surface area contributed by atoms with Gasteiger partial charge >= 0.3 is 0 Å². The number of piperidine rings is 1. The SMILES string of the molecule is COC1(c2ccc(-c3cc4c(N5CCN(C(=O)C6CC6)CC5)ccnn4c3)c(C#N)c2)CCN(C(C)C)CC1. The summed E-state index contributed by atoms with van der Waals surface area (Å²) >= 11 is 0. The number of hydrogen-bond acceptors (Lipinski definition) is 6. The van der Waals surface area contributed by atoms with Crippen molar-refractivity contribution in [1.29, 1.82) is 5.26 Å². The van der Waals surface area contributed by atoms with Crippen molar-refractivity contribution in [1.82, 2.24) is 19.4 Å². The summed E-state index contributed by atoms with van der Waals surface area (Å²) in [5.41, 5.74) is 5.37. The molecule has 0 N–H and O–H groups in total. The molecule has 2 aromatic heterocycles. The first-order chi connectivity index (χ1) is 18.9. The molecule has 0 unspecified atom stereocenters. The Morgan fingerprint density at radius 3 is 2.46 bits per heavy atom. The van der Waals surface area contributed by atoms with E-state index < -0.39 is 0 Å². The third-order valence-corrected chi connectivity index (χ3v) is 9.05. The van der Waals surface area contributed by atoms with Crippen LogP contribution >= 0.6 is 0 Å². The minimum absolute atomic E-state index is 0.268. The fourth-order valence-corrected chi connectivity index (χ4v) is 6.36. The number of carbonyl (C=O) groups excluding carboxylic acids is 1. The van der Waals surface area contributed by atoms with Gasteiger partial charge in [-0.1, -0.05) is 12.1 Å². The molecule has 8 nitrogen and oxygen atoms in total. The van der Waals surface area contributed by atoms with Crippen LogP contribution in [0, 0.1) is 17.2 Å². The smallest absolute Gasteiger partial charge is 0.225 e. The summed E-state index contributed by atoms with van der Waals surface area (Å²) < 4.78 is 8.03. The highest BCUT2D eigenvalue weighted by Crippen LogP contribution is 2.39. The molecule has 1 saturated carbocycles. The zero-order valence-corrected chi connectivity index (χ0v) is 23.3. The molecule has 1 aliphatic carbocycles. The molecule has 4 heterocycles. The van der Waals surface area contributed by atoms with E-state index in [1.165, 1.54) is 0 Å². The highest BCUT2D eigenvalue weighted by molar-refractivity contribution is 5.83. The van der Waals surface area contributed by atoms with E-state index in [1.807, 2.05) is 27.9 Å². The van der Waals surface area contributed by atoms with Crippen molar-refractivity contribution in [2.45, 2.75) is 51.2 Å². The van der Waals surface area contributed by atoms with Gasteiger partial charge in [-0.05, 0) is 63.3 Å². The van der Waals surface area contributed by atoms with Crippen molar-refractivity contribution < 1.29 is 9.53 Å². The highest BCUT2D eigenvalue weighted by atomic mass is 16.5. The average Bonchev–Trinajstić information content (AvgIpc) is 3.74. The lowest BCUT2D eigenvalue weighted by molar-refractivity contribution is -0.132. The van der Waals surface area contributed by atoms with Gasteiger partial charge in [-0.25, -0.2) is 4.52 Å². The second kappa shape index (κ2) is 10.3. The molecule has 2 aliphatic heterocycles. The molecule has 1 aromatic carbocycles. The van der Waals surface area contributed by atoms with Crippen molar-refractivity contribution in [2.24, 2.45) is 5.92 Å². The first-order valence-electron chi connectivity index (χ1n) is 14.3. The second-order valence-corrected chi connectivity index (χ2v) is 11.6. The van der Waals surface area contributed by atoms with Crippen LogP contribution in [0.2, 0.25) is 0 Å². The molecule has 204 valence electrons. The van der Waals surface area contributed by atoms with E-state index >= 15 is 0 Å². The minimum atomic E-state index is -0.362. The Kier molecular flexibility index (Phi) is 6.82. The van der Waals surface area contributed by atoms with Crippen LogP contribution in [-0.2, 0) is 15.1 Å². The van der Waals surface area contributed by atoms with Gasteiger partial charge in [0.15, 0.2) is 0 Å². The summed E-state index contributed by atoms with van der Waals surface area (Å²) in [5, 5.41) is 14.7. The summed E-state index contributed by atoms with van der Waals surface area (Å²) in [6, 6.07) is 13.4. The van der Waals surface area contributed by atoms with E-state index in [0.29, 0.717) is 17.5 Å². The molecule has 6 rings (SSSR count). The van der Waals surface area contributed by atoms with Crippen LogP contribution in [0.25, 0.3) is 16.6 Å². The number of rotatable bonds is 6. The predicted octanol–water partition coefficient (Wildman–Crippen LogP) is 4.28. The van der Waals surface area contributed by atoms with Crippen LogP contribution in [0.1, 0.15) is 50.7 Å². The Bertz CT molecular complexity index is 1400. The molecule has 0 atom stereocenters. The maximum atomic E-state index is 12.5. The molecular formula is C31H38N6O2. The molecule has 0 radical (unpaired) electrons. The van der Waals surface area contributed by atoms with Gasteiger partial charge in [-0.2, -0.15) is 10.4 Å². The number of aromatic nitrogens is 2. The summed E-state index contributed by atoms with van der Waals surface area (Å²) in [5.74, 6) is 0.595. The molecule has 3 aromatic rings. The van der Waals surface area contributed by atoms with E-state index in [9.17, 15) is 10.1 Å². The van der Waals surface area contributed by atoms with Crippen LogP contribution in [0.5, 0.6) is 0 Å². The number of anilines is 1. The second-order valence-electron chi connectivity index (χ2n) is 11.6. The third kappa shape index (κ3) is 4.79. The number of amides is 1. The first-order valence-corrected chi connectivity index (χ1v) is 14.3. The molecule has 1 amide bonds. The van der Waals surface area contributed by atoms with Gasteiger partial charge in [-0.3, -0.25) is 4.79 Å². The zero-order chi connectivity index (χ0) is 27.1. The van der Waals surface area contributed by atoms with Crippen molar-refractivity contribution in [3.05, 3.63) is 53.9 Å². The number of fused-ring (bicyclic) bond motifs is 1. The van der Waals surface area contributed by atoms with Gasteiger partial charge in [-0.15, -0.1) is 0 Å². The summed E-state index contributed by atoms with van der Waals surface area (Å²) in [6.45, 7) is 9.57. The normalized spacial score (nSPS) is 20.0. The number of piperazine rings is 1. The van der Waals surface area contributed by atoms with Gasteiger partial charge in [0.05, 0.1) is 28.4 Å². The fourth-order valence-electron chi connectivity index (χ4n) is 6.36. The number of ether oxygens (including phenoxy) is 1. The van der Waals surface area contributed by atoms with Crippen molar-refractivity contribution in [2.75, 3.05) is 51.3 Å². The number of nitrogens with zero attached hydrogens (tertiary/aromatic N) is 6. The summed E-state index contributed by atoms with van der Waals surface area (Å²) in [7, 11) is 1.79.